The summed E-state index contributed by atoms with van der Waals surface area (Å²) in [7, 11) is 0. The maximum atomic E-state index is 8.89. The first kappa shape index (κ1) is 27.2. The average molecular weight is 519 g/mol. The van der Waals surface area contributed by atoms with Crippen molar-refractivity contribution in [2.24, 2.45) is 11.3 Å². The van der Waals surface area contributed by atoms with E-state index in [0.29, 0.717) is 17.9 Å². The number of nitrogens with two attached hydrogens (primary N) is 2. The van der Waals surface area contributed by atoms with Gasteiger partial charge in [0.2, 0.25) is 0 Å². The molecule has 0 amide bonds. The molecule has 1 aliphatic carbocycles. The fourth-order valence-corrected chi connectivity index (χ4v) is 4.39. The Labute approximate surface area is 224 Å². The normalized spacial score (nSPS) is 18.1. The van der Waals surface area contributed by atoms with Gasteiger partial charge in [0.05, 0.1) is 24.5 Å². The molecule has 10 nitrogen and oxygen atoms in total. The lowest BCUT2D eigenvalue weighted by Crippen LogP contribution is -2.36. The van der Waals surface area contributed by atoms with E-state index in [9.17, 15) is 0 Å². The van der Waals surface area contributed by atoms with Crippen LogP contribution in [0.1, 0.15) is 38.3 Å². The highest BCUT2D eigenvalue weighted by atomic mass is 16.6. The number of nitrogens with zero attached hydrogens (tertiary/aromatic N) is 3. The lowest BCUT2D eigenvalue weighted by atomic mass is 9.93. The maximum Gasteiger partial charge on any atom is 0.141 e. The maximum absolute atomic E-state index is 8.89. The molecule has 202 valence electrons. The van der Waals surface area contributed by atoms with Crippen molar-refractivity contribution in [2.45, 2.75) is 33.2 Å². The molecular weight excluding hydrogens is 480 g/mol. The van der Waals surface area contributed by atoms with E-state index in [1.165, 1.54) is 6.33 Å². The highest BCUT2D eigenvalue weighted by Crippen LogP contribution is 2.26. The van der Waals surface area contributed by atoms with Gasteiger partial charge in [-0.25, -0.2) is 9.97 Å². The van der Waals surface area contributed by atoms with Crippen molar-refractivity contribution in [3.63, 3.8) is 0 Å². The smallest absolute Gasteiger partial charge is 0.141 e. The minimum atomic E-state index is -0.155. The van der Waals surface area contributed by atoms with Crippen molar-refractivity contribution in [1.82, 2.24) is 15.3 Å². The highest BCUT2D eigenvalue weighted by molar-refractivity contribution is 6.16. The van der Waals surface area contributed by atoms with Gasteiger partial charge in [-0.15, -0.1) is 0 Å². The number of nitrogen functional groups attached to an aromatic ring is 1. The van der Waals surface area contributed by atoms with Crippen molar-refractivity contribution >= 4 is 23.0 Å². The molecule has 2 heterocycles. The van der Waals surface area contributed by atoms with Crippen LogP contribution in [0.15, 0.2) is 66.4 Å². The van der Waals surface area contributed by atoms with Gasteiger partial charge in [-0.1, -0.05) is 45.1 Å². The third-order valence-electron chi connectivity index (χ3n) is 6.54. The molecule has 0 radical (unpaired) electrons. The summed E-state index contributed by atoms with van der Waals surface area (Å²) in [5.41, 5.74) is 9.73. The van der Waals surface area contributed by atoms with Crippen molar-refractivity contribution in [2.75, 3.05) is 48.8 Å². The van der Waals surface area contributed by atoms with Gasteiger partial charge in [-0.05, 0) is 30.7 Å². The van der Waals surface area contributed by atoms with E-state index in [-0.39, 0.29) is 23.0 Å². The Morgan fingerprint density at radius 3 is 2.58 bits per heavy atom. The molecule has 2 aliphatic rings. The third-order valence-corrected chi connectivity index (χ3v) is 6.54. The first-order valence-corrected chi connectivity index (χ1v) is 12.8. The fraction of sp³-hybridized carbons (Fsp3) is 0.393. The number of ether oxygens (including phenoxy) is 1. The van der Waals surface area contributed by atoms with E-state index >= 15 is 0 Å². The molecule has 1 aromatic heterocycles. The van der Waals surface area contributed by atoms with Crippen LogP contribution in [0, 0.1) is 10.8 Å². The molecule has 1 saturated heterocycles. The number of nitrogens with one attached hydrogen (secondary N) is 3. The minimum Gasteiger partial charge on any atom is -0.416 e. The number of rotatable bonds is 9. The molecule has 7 N–H and O–H groups in total. The lowest BCUT2D eigenvalue weighted by molar-refractivity contribution is 0.122. The van der Waals surface area contributed by atoms with Gasteiger partial charge < -0.3 is 30.8 Å². The molecule has 1 aliphatic heterocycles. The molecule has 2 aromatic rings. The van der Waals surface area contributed by atoms with Gasteiger partial charge in [0.1, 0.15) is 23.7 Å². The fourth-order valence-electron chi connectivity index (χ4n) is 4.39. The zero-order chi connectivity index (χ0) is 27.1. The zero-order valence-corrected chi connectivity index (χ0v) is 22.3. The van der Waals surface area contributed by atoms with Crippen molar-refractivity contribution < 1.29 is 9.57 Å². The van der Waals surface area contributed by atoms with E-state index in [1.807, 2.05) is 36.4 Å². The number of benzene rings is 1. The highest BCUT2D eigenvalue weighted by Gasteiger charge is 2.20. The molecule has 0 saturated carbocycles. The number of hydrogen-bond acceptors (Lipinski definition) is 10. The van der Waals surface area contributed by atoms with Gasteiger partial charge in [0.25, 0.3) is 0 Å². The second kappa shape index (κ2) is 12.1. The number of morpholine rings is 1. The van der Waals surface area contributed by atoms with Crippen molar-refractivity contribution in [3.8, 4) is 0 Å². The van der Waals surface area contributed by atoms with Crippen LogP contribution in [0.2, 0.25) is 0 Å². The standard InChI is InChI=1S/C28H38N8O2/c1-28(2,3)23(38-31)12-13-32-20-6-8-21(9-7-20)35-27-24(26(30)33-18-34-27)25(29)19-4-10-22(11-5-19)36-14-16-37-17-15-36/h4-8,10-12,18,21,29,32H,9,13-17,31H2,1-3H3,(H3,30,33,34,35)/b23-12-,29-25?. The Hall–Kier alpha value is -3.89. The number of aromatic nitrogens is 2. The molecule has 0 bridgehead atoms. The molecule has 1 atom stereocenters. The molecule has 1 unspecified atom stereocenters. The zero-order valence-electron chi connectivity index (χ0n) is 22.3. The van der Waals surface area contributed by atoms with Gasteiger partial charge >= 0.3 is 0 Å². The number of anilines is 3. The van der Waals surface area contributed by atoms with E-state index in [1.54, 1.807) is 0 Å². The largest absolute Gasteiger partial charge is 0.416 e. The first-order chi connectivity index (χ1) is 18.3. The molecule has 10 heteroatoms. The second-order valence-electron chi connectivity index (χ2n) is 10.3. The van der Waals surface area contributed by atoms with Gasteiger partial charge in [-0.2, -0.15) is 5.90 Å². The summed E-state index contributed by atoms with van der Waals surface area (Å²) in [6.07, 6.45) is 10.3. The Balaban J connectivity index is 1.40. The van der Waals surface area contributed by atoms with Crippen LogP contribution in [-0.2, 0) is 9.57 Å². The van der Waals surface area contributed by atoms with Crippen LogP contribution < -0.4 is 27.2 Å². The quantitative estimate of drug-likeness (QED) is 0.191. The lowest BCUT2D eigenvalue weighted by Gasteiger charge is -2.29. The molecule has 38 heavy (non-hydrogen) atoms. The van der Waals surface area contributed by atoms with Gasteiger partial charge in [-0.3, -0.25) is 5.41 Å². The monoisotopic (exact) mass is 518 g/mol. The molecular formula is C28H38N8O2. The van der Waals surface area contributed by atoms with Crippen LogP contribution >= 0.6 is 0 Å². The molecule has 4 rings (SSSR count). The molecule has 1 fully saturated rings. The molecule has 1 aromatic carbocycles. The summed E-state index contributed by atoms with van der Waals surface area (Å²) < 4.78 is 5.44. The predicted molar refractivity (Wildman–Crippen MR) is 152 cm³/mol. The number of hydrogen-bond donors (Lipinski definition) is 5. The summed E-state index contributed by atoms with van der Waals surface area (Å²) in [5.74, 6) is 6.96. The molecule has 0 spiro atoms. The van der Waals surface area contributed by atoms with Gasteiger partial charge in [0.15, 0.2) is 0 Å². The first-order valence-electron chi connectivity index (χ1n) is 12.8. The Kier molecular flexibility index (Phi) is 8.65. The Morgan fingerprint density at radius 1 is 1.21 bits per heavy atom. The van der Waals surface area contributed by atoms with Crippen LogP contribution in [-0.4, -0.2) is 54.6 Å². The van der Waals surface area contributed by atoms with Crippen LogP contribution in [0.5, 0.6) is 0 Å². The predicted octanol–water partition coefficient (Wildman–Crippen LogP) is 3.35. The van der Waals surface area contributed by atoms with Crippen molar-refractivity contribution in [1.29, 1.82) is 5.41 Å². The average Bonchev–Trinajstić information content (AvgIpc) is 2.92. The topological polar surface area (TPSA) is 147 Å². The van der Waals surface area contributed by atoms with Crippen LogP contribution in [0.3, 0.4) is 0 Å². The Morgan fingerprint density at radius 2 is 1.95 bits per heavy atom. The van der Waals surface area contributed by atoms with E-state index in [4.69, 9.17) is 26.6 Å². The van der Waals surface area contributed by atoms with Gasteiger partial charge in [0, 0.05) is 48.0 Å². The van der Waals surface area contributed by atoms with Crippen LogP contribution in [0.25, 0.3) is 0 Å². The summed E-state index contributed by atoms with van der Waals surface area (Å²) in [6.45, 7) is 9.94. The third kappa shape index (κ3) is 6.70. The van der Waals surface area contributed by atoms with E-state index in [0.717, 1.165) is 55.4 Å². The van der Waals surface area contributed by atoms with E-state index in [2.05, 4.69) is 58.4 Å². The number of allylic oxidation sites excluding steroid dienone is 2. The van der Waals surface area contributed by atoms with E-state index < -0.39 is 0 Å². The summed E-state index contributed by atoms with van der Waals surface area (Å²) >= 11 is 0. The minimum absolute atomic E-state index is 0.00171. The summed E-state index contributed by atoms with van der Waals surface area (Å²) in [6, 6.07) is 7.95. The Bertz CT molecular complexity index is 1210. The summed E-state index contributed by atoms with van der Waals surface area (Å²) in [4.78, 5) is 15.9. The van der Waals surface area contributed by atoms with Crippen LogP contribution in [0.4, 0.5) is 17.3 Å². The SMILES string of the molecule is CC(C)(C)/C(=C/CNC1=CCC(Nc2ncnc(N)c2C(=N)c2ccc(N3CCOCC3)cc2)C=C1)ON. The van der Waals surface area contributed by atoms with Crippen molar-refractivity contribution in [3.05, 3.63) is 77.5 Å². The second-order valence-corrected chi connectivity index (χ2v) is 10.3. The summed E-state index contributed by atoms with van der Waals surface area (Å²) in [5, 5.41) is 15.7.